The number of ether oxygens (including phenoxy) is 9. The molecule has 0 aromatic rings. The maximum absolute atomic E-state index is 14.1. The van der Waals surface area contributed by atoms with Crippen molar-refractivity contribution in [2.45, 2.75) is 227 Å². The standard InChI is InChI=1S/C47H70O15/c1-26-9-10-33-34(21-37(55-33)47(53)39(51)28(3)13-19-54-47)56-41(52)29(4)32-8-7-14-45(57-32)16-11-30(49)40(61-45)43(6)23-31(50)38(60-43)35-24-44(25-48)17-18-46(58-35,62-44)36-12-15-42(5,59-36)22-27(2)20-26/h9-10,20,27-30,32-40,48-49,51,53H,7-8,11-19,21-25H2,1-6H3/t27-,28+,29+,30+,32-,33+,34+,35+,36+,37-,38-,39+,40+,42+,43+,44-,45-,46-,47+/m1/s1. The van der Waals surface area contributed by atoms with Gasteiger partial charge in [0.25, 0.3) is 0 Å². The second-order valence-electron chi connectivity index (χ2n) is 21.2. The zero-order valence-corrected chi connectivity index (χ0v) is 37.3. The first-order valence-corrected chi connectivity index (χ1v) is 23.5. The van der Waals surface area contributed by atoms with E-state index in [0.29, 0.717) is 64.2 Å². The van der Waals surface area contributed by atoms with Crippen molar-refractivity contribution in [1.82, 2.24) is 0 Å². The van der Waals surface area contributed by atoms with Crippen LogP contribution in [0.2, 0.25) is 0 Å². The Balaban J connectivity index is 1.03. The molecule has 15 nitrogen and oxygen atoms in total. The van der Waals surface area contributed by atoms with Crippen molar-refractivity contribution >= 4 is 11.8 Å². The molecule has 0 aromatic carbocycles. The summed E-state index contributed by atoms with van der Waals surface area (Å²) in [5.74, 6) is -5.77. The van der Waals surface area contributed by atoms with Crippen LogP contribution >= 0.6 is 0 Å². The van der Waals surface area contributed by atoms with E-state index in [0.717, 1.165) is 12.0 Å². The van der Waals surface area contributed by atoms with Crippen LogP contribution < -0.4 is 0 Å². The van der Waals surface area contributed by atoms with E-state index < -0.39 is 107 Å². The number of aliphatic hydroxyl groups is 4. The van der Waals surface area contributed by atoms with Gasteiger partial charge in [-0.05, 0) is 90.9 Å². The molecule has 8 fully saturated rings. The highest BCUT2D eigenvalue weighted by Gasteiger charge is 2.66. The van der Waals surface area contributed by atoms with Crippen molar-refractivity contribution < 1.29 is 72.6 Å². The van der Waals surface area contributed by atoms with Crippen LogP contribution in [0.5, 0.6) is 0 Å². The number of carbonyl (C=O) groups is 2. The van der Waals surface area contributed by atoms with Crippen molar-refractivity contribution in [3.63, 3.8) is 0 Å². The lowest BCUT2D eigenvalue weighted by Gasteiger charge is -2.51. The van der Waals surface area contributed by atoms with Crippen LogP contribution in [-0.4, -0.2) is 141 Å². The monoisotopic (exact) mass is 874 g/mol. The molecular formula is C47H70O15. The van der Waals surface area contributed by atoms with Gasteiger partial charge >= 0.3 is 5.97 Å². The highest BCUT2D eigenvalue weighted by molar-refractivity contribution is 5.86. The Morgan fingerprint density at radius 3 is 2.44 bits per heavy atom. The van der Waals surface area contributed by atoms with Crippen molar-refractivity contribution in [3.8, 4) is 0 Å². The topological polar surface area (TPSA) is 198 Å². The number of hydrogen-bond donors (Lipinski definition) is 4. The number of carbonyl (C=O) groups excluding carboxylic acids is 2. The summed E-state index contributed by atoms with van der Waals surface area (Å²) < 4.78 is 59.3. The Morgan fingerprint density at radius 1 is 0.839 bits per heavy atom. The van der Waals surface area contributed by atoms with Crippen LogP contribution in [0.3, 0.4) is 0 Å². The quantitative estimate of drug-likeness (QED) is 0.227. The van der Waals surface area contributed by atoms with Gasteiger partial charge in [0.05, 0.1) is 48.6 Å². The number of Topliss-reactive ketones (excluding diaryl/α,β-unsaturated/α-hetero) is 1. The van der Waals surface area contributed by atoms with Crippen molar-refractivity contribution in [2.75, 3.05) is 13.2 Å². The summed E-state index contributed by atoms with van der Waals surface area (Å²) in [6, 6.07) is 0. The molecular weight excluding hydrogens is 805 g/mol. The molecule has 10 bridgehead atoms. The van der Waals surface area contributed by atoms with E-state index in [-0.39, 0.29) is 50.1 Å². The Labute approximate surface area is 365 Å². The molecule has 0 aromatic heterocycles. The van der Waals surface area contributed by atoms with Gasteiger partial charge in [0.15, 0.2) is 17.4 Å². The van der Waals surface area contributed by atoms with Crippen LogP contribution in [0.4, 0.5) is 0 Å². The second-order valence-corrected chi connectivity index (χ2v) is 21.2. The van der Waals surface area contributed by atoms with E-state index in [4.69, 9.17) is 42.6 Å². The summed E-state index contributed by atoms with van der Waals surface area (Å²) in [7, 11) is 0. The Bertz CT molecular complexity index is 1770. The van der Waals surface area contributed by atoms with Crippen LogP contribution in [0, 0.1) is 17.8 Å². The number of allylic oxidation sites excluding steroid dienone is 3. The van der Waals surface area contributed by atoms with Crippen molar-refractivity contribution in [1.29, 1.82) is 0 Å². The molecule has 0 radical (unpaired) electrons. The van der Waals surface area contributed by atoms with Gasteiger partial charge in [0, 0.05) is 38.5 Å². The minimum atomic E-state index is -1.97. The molecule has 0 amide bonds. The molecule has 19 atom stereocenters. The minimum absolute atomic E-state index is 0.0134. The van der Waals surface area contributed by atoms with E-state index in [9.17, 15) is 30.0 Å². The van der Waals surface area contributed by atoms with E-state index >= 15 is 0 Å². The van der Waals surface area contributed by atoms with Gasteiger partial charge in [0.1, 0.15) is 48.3 Å². The summed E-state index contributed by atoms with van der Waals surface area (Å²) in [6.45, 7) is 11.7. The molecule has 0 aliphatic carbocycles. The zero-order chi connectivity index (χ0) is 44.0. The molecule has 4 N–H and O–H groups in total. The minimum Gasteiger partial charge on any atom is -0.459 e. The molecule has 62 heavy (non-hydrogen) atoms. The Morgan fingerprint density at radius 2 is 1.65 bits per heavy atom. The van der Waals surface area contributed by atoms with Crippen LogP contribution in [0.1, 0.15) is 131 Å². The zero-order valence-electron chi connectivity index (χ0n) is 37.3. The molecule has 9 heterocycles. The molecule has 0 unspecified atom stereocenters. The molecule has 15 heteroatoms. The molecule has 0 saturated carbocycles. The number of fused-ring (bicyclic) bond motifs is 11. The van der Waals surface area contributed by atoms with Gasteiger partial charge in [-0.3, -0.25) is 9.59 Å². The number of aliphatic hydroxyl groups excluding tert-OH is 3. The Kier molecular flexibility index (Phi) is 12.0. The fraction of sp³-hybridized carbons (Fsp3) is 0.872. The normalized spacial score (nSPS) is 53.6. The summed E-state index contributed by atoms with van der Waals surface area (Å²) >= 11 is 0. The first-order chi connectivity index (χ1) is 29.3. The Hall–Kier alpha value is -1.86. The van der Waals surface area contributed by atoms with E-state index in [1.807, 2.05) is 26.0 Å². The lowest BCUT2D eigenvalue weighted by atomic mass is 9.83. The van der Waals surface area contributed by atoms with Crippen LogP contribution in [0.15, 0.2) is 23.8 Å². The third-order valence-electron chi connectivity index (χ3n) is 16.0. The number of rotatable bonds is 2. The summed E-state index contributed by atoms with van der Waals surface area (Å²) in [6.07, 6.45) is 4.40. The SMILES string of the molecule is CC1=C[C@@H](C)C[C@]2(C)CC[C@H](O2)[C@]23CC[C@](CO)(C[C@H](O2)[C@@H]2O[C@@](C)(CC2=O)[C@H]2O[C@]4(CCC[C@@H](O4)[C@H](C)C(=O)O[C@H]4C[C@H]([C@]5(O)OCC[C@H](C)[C@@H]5O)O[C@H]4C=C1)CC[C@@H]2O)O3. The highest BCUT2D eigenvalue weighted by atomic mass is 16.8. The second kappa shape index (κ2) is 16.5. The van der Waals surface area contributed by atoms with Crippen molar-refractivity contribution in [2.24, 2.45) is 17.8 Å². The van der Waals surface area contributed by atoms with Gasteiger partial charge in [-0.1, -0.05) is 37.6 Å². The van der Waals surface area contributed by atoms with Crippen molar-refractivity contribution in [3.05, 3.63) is 23.8 Å². The van der Waals surface area contributed by atoms with E-state index in [1.54, 1.807) is 13.8 Å². The summed E-state index contributed by atoms with van der Waals surface area (Å²) in [5, 5.41) is 45.1. The molecule has 9 aliphatic rings. The van der Waals surface area contributed by atoms with Gasteiger partial charge in [-0.25, -0.2) is 0 Å². The summed E-state index contributed by atoms with van der Waals surface area (Å²) in [5.41, 5.74) is -1.68. The first kappa shape index (κ1) is 45.3. The smallest absolute Gasteiger partial charge is 0.311 e. The number of esters is 1. The van der Waals surface area contributed by atoms with Crippen LogP contribution in [-0.2, 0) is 52.2 Å². The van der Waals surface area contributed by atoms with Crippen LogP contribution in [0.25, 0.3) is 0 Å². The predicted molar refractivity (Wildman–Crippen MR) is 219 cm³/mol. The maximum atomic E-state index is 14.1. The van der Waals surface area contributed by atoms with Gasteiger partial charge in [0.2, 0.25) is 5.79 Å². The average molecular weight is 875 g/mol. The molecule has 9 aliphatic heterocycles. The maximum Gasteiger partial charge on any atom is 0.311 e. The lowest BCUT2D eigenvalue weighted by Crippen LogP contribution is -2.61. The largest absolute Gasteiger partial charge is 0.459 e. The molecule has 2 spiro atoms. The highest BCUT2D eigenvalue weighted by Crippen LogP contribution is 2.55. The fourth-order valence-corrected chi connectivity index (χ4v) is 12.5. The third kappa shape index (κ3) is 8.09. The third-order valence-corrected chi connectivity index (χ3v) is 16.0. The number of hydrogen-bond acceptors (Lipinski definition) is 15. The number of ketones is 1. The predicted octanol–water partition coefficient (Wildman–Crippen LogP) is 4.23. The lowest BCUT2D eigenvalue weighted by molar-refractivity contribution is -0.372. The molecule has 9 rings (SSSR count). The van der Waals surface area contributed by atoms with Gasteiger partial charge in [-0.15, -0.1) is 0 Å². The van der Waals surface area contributed by atoms with E-state index in [2.05, 4.69) is 19.9 Å². The molecule has 348 valence electrons. The first-order valence-electron chi connectivity index (χ1n) is 23.5. The average Bonchev–Trinajstić information content (AvgIpc) is 3.99. The van der Waals surface area contributed by atoms with Gasteiger partial charge in [-0.2, -0.15) is 0 Å². The summed E-state index contributed by atoms with van der Waals surface area (Å²) in [4.78, 5) is 28.2. The van der Waals surface area contributed by atoms with Gasteiger partial charge < -0.3 is 63.1 Å². The molecule has 8 saturated heterocycles. The van der Waals surface area contributed by atoms with E-state index in [1.165, 1.54) is 0 Å². The fourth-order valence-electron chi connectivity index (χ4n) is 12.5.